The molecule has 9 heteroatoms. The third-order valence-electron chi connectivity index (χ3n) is 5.08. The fourth-order valence-corrected chi connectivity index (χ4v) is 7.80. The molecule has 0 spiro atoms. The number of fused-ring (bicyclic) bond motifs is 1. The maximum atomic E-state index is 13.0. The van der Waals surface area contributed by atoms with E-state index in [0.717, 1.165) is 53.9 Å². The van der Waals surface area contributed by atoms with Crippen LogP contribution in [-0.2, 0) is 27.7 Å². The van der Waals surface area contributed by atoms with Crippen molar-refractivity contribution in [3.05, 3.63) is 33.5 Å². The van der Waals surface area contributed by atoms with E-state index in [-0.39, 0.29) is 10.1 Å². The number of sulfonamides is 1. The lowest BCUT2D eigenvalue weighted by Crippen LogP contribution is -2.49. The number of nitrogens with one attached hydrogen (secondary N) is 1. The van der Waals surface area contributed by atoms with E-state index in [4.69, 9.17) is 0 Å². The number of rotatable bonds is 4. The molecular weight excluding hydrogens is 402 g/mol. The van der Waals surface area contributed by atoms with Crippen LogP contribution in [0.1, 0.15) is 41.7 Å². The normalized spacial score (nSPS) is 20.2. The number of nitriles is 1. The van der Waals surface area contributed by atoms with E-state index in [0.29, 0.717) is 23.5 Å². The molecule has 0 radical (unpaired) electrons. The van der Waals surface area contributed by atoms with Crippen LogP contribution >= 0.6 is 22.7 Å². The van der Waals surface area contributed by atoms with E-state index in [1.807, 2.05) is 0 Å². The zero-order valence-electron chi connectivity index (χ0n) is 14.6. The van der Waals surface area contributed by atoms with Gasteiger partial charge in [0.25, 0.3) is 10.0 Å². The Morgan fingerprint density at radius 2 is 2.15 bits per heavy atom. The predicted octanol–water partition coefficient (Wildman–Crippen LogP) is 3.35. The van der Waals surface area contributed by atoms with Gasteiger partial charge in [0, 0.05) is 11.4 Å². The first-order chi connectivity index (χ1) is 13.0. The van der Waals surface area contributed by atoms with Crippen molar-refractivity contribution in [1.29, 1.82) is 5.26 Å². The molecule has 0 bridgehead atoms. The predicted molar refractivity (Wildman–Crippen MR) is 106 cm³/mol. The van der Waals surface area contributed by atoms with E-state index in [9.17, 15) is 18.5 Å². The molecule has 2 aliphatic rings. The number of carbonyl (C=O) groups is 1. The van der Waals surface area contributed by atoms with Crippen LogP contribution in [0.3, 0.4) is 0 Å². The Kier molecular flexibility index (Phi) is 5.07. The molecule has 1 amide bonds. The van der Waals surface area contributed by atoms with Gasteiger partial charge in [-0.3, -0.25) is 4.79 Å². The molecule has 1 aliphatic heterocycles. The number of anilines is 1. The van der Waals surface area contributed by atoms with E-state index >= 15 is 0 Å². The maximum Gasteiger partial charge on any atom is 0.253 e. The Bertz CT molecular complexity index is 1000. The van der Waals surface area contributed by atoms with Crippen molar-refractivity contribution in [3.8, 4) is 6.07 Å². The van der Waals surface area contributed by atoms with Crippen LogP contribution in [0.15, 0.2) is 21.7 Å². The number of carbonyl (C=O) groups excluding carboxylic acids is 1. The molecular formula is C18H19N3O3S3. The first kappa shape index (κ1) is 18.6. The SMILES string of the molecule is N#Cc1c(NC(=O)C2CCCCN2S(=O)(=O)c2cccs2)sc2c1CCC2. The first-order valence-corrected chi connectivity index (χ1v) is 12.1. The van der Waals surface area contributed by atoms with Gasteiger partial charge in [0.15, 0.2) is 0 Å². The van der Waals surface area contributed by atoms with Crippen LogP contribution in [-0.4, -0.2) is 31.2 Å². The zero-order chi connectivity index (χ0) is 19.0. The van der Waals surface area contributed by atoms with Gasteiger partial charge in [0.05, 0.1) is 5.56 Å². The van der Waals surface area contributed by atoms with Crippen LogP contribution < -0.4 is 5.32 Å². The maximum absolute atomic E-state index is 13.0. The summed E-state index contributed by atoms with van der Waals surface area (Å²) < 4.78 is 27.5. The second kappa shape index (κ2) is 7.36. The van der Waals surface area contributed by atoms with Crippen LogP contribution in [0.25, 0.3) is 0 Å². The van der Waals surface area contributed by atoms with Crippen molar-refractivity contribution in [2.24, 2.45) is 0 Å². The topological polar surface area (TPSA) is 90.3 Å². The molecule has 0 aromatic carbocycles. The fourth-order valence-electron chi connectivity index (χ4n) is 3.79. The van der Waals surface area contributed by atoms with E-state index < -0.39 is 16.1 Å². The highest BCUT2D eigenvalue weighted by Gasteiger charge is 2.38. The molecule has 4 rings (SSSR count). The Balaban J connectivity index is 1.60. The van der Waals surface area contributed by atoms with Crippen LogP contribution in [0.5, 0.6) is 0 Å². The minimum absolute atomic E-state index is 0.259. The molecule has 2 aromatic heterocycles. The molecule has 1 fully saturated rings. The second-order valence-electron chi connectivity index (χ2n) is 6.72. The van der Waals surface area contributed by atoms with Crippen molar-refractivity contribution < 1.29 is 13.2 Å². The molecule has 2 aromatic rings. The second-order valence-corrected chi connectivity index (χ2v) is 10.9. The number of aryl methyl sites for hydroxylation is 1. The van der Waals surface area contributed by atoms with E-state index in [1.54, 1.807) is 17.5 Å². The Labute approximate surface area is 166 Å². The molecule has 1 atom stereocenters. The highest BCUT2D eigenvalue weighted by atomic mass is 32.2. The first-order valence-electron chi connectivity index (χ1n) is 8.93. The van der Waals surface area contributed by atoms with Gasteiger partial charge in [-0.05, 0) is 49.1 Å². The van der Waals surface area contributed by atoms with Crippen molar-refractivity contribution >= 4 is 43.6 Å². The molecule has 3 heterocycles. The molecule has 142 valence electrons. The summed E-state index contributed by atoms with van der Waals surface area (Å²) in [6, 6.07) is 4.74. The van der Waals surface area contributed by atoms with Crippen LogP contribution in [0, 0.1) is 11.3 Å². The van der Waals surface area contributed by atoms with Gasteiger partial charge < -0.3 is 5.32 Å². The van der Waals surface area contributed by atoms with E-state index in [1.165, 1.54) is 15.6 Å². The number of amides is 1. The Hall–Kier alpha value is -1.73. The Morgan fingerprint density at radius 1 is 1.30 bits per heavy atom. The molecule has 6 nitrogen and oxygen atoms in total. The molecule has 1 aliphatic carbocycles. The summed E-state index contributed by atoms with van der Waals surface area (Å²) in [7, 11) is -3.69. The van der Waals surface area contributed by atoms with Gasteiger partial charge in [-0.15, -0.1) is 22.7 Å². The molecule has 27 heavy (non-hydrogen) atoms. The number of piperidine rings is 1. The fraction of sp³-hybridized carbons (Fsp3) is 0.444. The largest absolute Gasteiger partial charge is 0.315 e. The Morgan fingerprint density at radius 3 is 2.89 bits per heavy atom. The van der Waals surface area contributed by atoms with Crippen molar-refractivity contribution in [2.75, 3.05) is 11.9 Å². The summed E-state index contributed by atoms with van der Waals surface area (Å²) in [6.45, 7) is 0.338. The minimum atomic E-state index is -3.69. The highest BCUT2D eigenvalue weighted by Crippen LogP contribution is 2.39. The number of nitrogens with zero attached hydrogens (tertiary/aromatic N) is 2. The number of thiophene rings is 2. The van der Waals surface area contributed by atoms with E-state index in [2.05, 4.69) is 11.4 Å². The average Bonchev–Trinajstić information content (AvgIpc) is 3.39. The summed E-state index contributed by atoms with van der Waals surface area (Å²) >= 11 is 2.61. The molecule has 1 saturated heterocycles. The molecule has 1 unspecified atom stereocenters. The van der Waals surface area contributed by atoms with Gasteiger partial charge in [0.1, 0.15) is 21.3 Å². The smallest absolute Gasteiger partial charge is 0.253 e. The van der Waals surface area contributed by atoms with Gasteiger partial charge in [-0.1, -0.05) is 12.5 Å². The quantitative estimate of drug-likeness (QED) is 0.820. The van der Waals surface area contributed by atoms with Crippen molar-refractivity contribution in [1.82, 2.24) is 4.31 Å². The number of hydrogen-bond donors (Lipinski definition) is 1. The lowest BCUT2D eigenvalue weighted by Gasteiger charge is -2.33. The summed E-state index contributed by atoms with van der Waals surface area (Å²) in [4.78, 5) is 14.1. The van der Waals surface area contributed by atoms with Gasteiger partial charge in [-0.2, -0.15) is 9.57 Å². The zero-order valence-corrected chi connectivity index (χ0v) is 17.1. The third kappa shape index (κ3) is 3.31. The number of hydrogen-bond acceptors (Lipinski definition) is 6. The molecule has 1 N–H and O–H groups in total. The summed E-state index contributed by atoms with van der Waals surface area (Å²) in [5.41, 5.74) is 1.59. The molecule has 0 saturated carbocycles. The highest BCUT2D eigenvalue weighted by molar-refractivity contribution is 7.91. The lowest BCUT2D eigenvalue weighted by molar-refractivity contribution is -0.120. The minimum Gasteiger partial charge on any atom is -0.315 e. The lowest BCUT2D eigenvalue weighted by atomic mass is 10.0. The summed E-state index contributed by atoms with van der Waals surface area (Å²) in [5, 5.41) is 14.6. The van der Waals surface area contributed by atoms with Crippen molar-refractivity contribution in [2.45, 2.75) is 48.8 Å². The summed E-state index contributed by atoms with van der Waals surface area (Å²) in [6.07, 6.45) is 4.88. The van der Waals surface area contributed by atoms with Gasteiger partial charge in [-0.25, -0.2) is 8.42 Å². The monoisotopic (exact) mass is 421 g/mol. The third-order valence-corrected chi connectivity index (χ3v) is 9.57. The van der Waals surface area contributed by atoms with Gasteiger partial charge >= 0.3 is 0 Å². The summed E-state index contributed by atoms with van der Waals surface area (Å²) in [5.74, 6) is -0.341. The standard InChI is InChI=1S/C18H19N3O3S3/c19-11-13-12-5-3-7-15(12)26-18(13)20-17(22)14-6-1-2-9-21(14)27(23,24)16-8-4-10-25-16/h4,8,10,14H,1-3,5-7,9H2,(H,20,22). The van der Waals surface area contributed by atoms with Crippen LogP contribution in [0.4, 0.5) is 5.00 Å². The van der Waals surface area contributed by atoms with Gasteiger partial charge in [0.2, 0.25) is 5.91 Å². The van der Waals surface area contributed by atoms with Crippen molar-refractivity contribution in [3.63, 3.8) is 0 Å². The van der Waals surface area contributed by atoms with Crippen LogP contribution in [0.2, 0.25) is 0 Å². The average molecular weight is 422 g/mol.